The molecule has 0 N–H and O–H groups in total. The average Bonchev–Trinajstić information content (AvgIpc) is 2.57. The maximum Gasteiger partial charge on any atom is 0.109 e. The second kappa shape index (κ2) is 3.30. The van der Waals surface area contributed by atoms with Crippen LogP contribution >= 0.6 is 0 Å². The number of rotatable bonds is 2. The molecule has 0 fully saturated rings. The topological polar surface area (TPSA) is 18.8 Å². The van der Waals surface area contributed by atoms with Gasteiger partial charge >= 0.3 is 0 Å². The van der Waals surface area contributed by atoms with E-state index in [2.05, 4.69) is 63.8 Å². The highest BCUT2D eigenvalue weighted by atomic mass is 15.2. The molecule has 0 aliphatic heterocycles. The quantitative estimate of drug-likeness (QED) is 0.710. The van der Waals surface area contributed by atoms with Gasteiger partial charge < -0.3 is 9.80 Å². The molecule has 0 unspecified atom stereocenters. The van der Waals surface area contributed by atoms with E-state index in [4.69, 9.17) is 0 Å². The van der Waals surface area contributed by atoms with E-state index in [1.165, 1.54) is 11.4 Å². The predicted molar refractivity (Wildman–Crippen MR) is 62.8 cm³/mol. The second-order valence-electron chi connectivity index (χ2n) is 5.12. The van der Waals surface area contributed by atoms with Crippen LogP contribution in [0, 0.1) is 0 Å². The van der Waals surface area contributed by atoms with Gasteiger partial charge in [-0.2, -0.15) is 0 Å². The van der Waals surface area contributed by atoms with Crippen molar-refractivity contribution in [2.24, 2.45) is 4.99 Å². The Kier molecular flexibility index (Phi) is 2.61. The lowest BCUT2D eigenvalue weighted by atomic mass is 10.1. The van der Waals surface area contributed by atoms with Gasteiger partial charge in [0.05, 0.1) is 16.9 Å². The average molecular weight is 195 g/mol. The Labute approximate surface area is 86.7 Å². The van der Waals surface area contributed by atoms with Gasteiger partial charge in [0.2, 0.25) is 0 Å². The monoisotopic (exact) mass is 195 g/mol. The summed E-state index contributed by atoms with van der Waals surface area (Å²) in [5.41, 5.74) is 2.55. The van der Waals surface area contributed by atoms with Crippen molar-refractivity contribution >= 4 is 11.4 Å². The van der Waals surface area contributed by atoms with Crippen molar-refractivity contribution in [3.63, 3.8) is 0 Å². The zero-order valence-corrected chi connectivity index (χ0v) is 10.3. The van der Waals surface area contributed by atoms with Gasteiger partial charge in [0.25, 0.3) is 0 Å². The minimum Gasteiger partial charge on any atom is -0.374 e. The van der Waals surface area contributed by atoms with Crippen LogP contribution in [0.2, 0.25) is 0 Å². The Morgan fingerprint density at radius 1 is 0.857 bits per heavy atom. The minimum absolute atomic E-state index is 0.00829. The molecule has 0 amide bonds. The van der Waals surface area contributed by atoms with Gasteiger partial charge in [0.1, 0.15) is 5.36 Å². The highest BCUT2D eigenvalue weighted by molar-refractivity contribution is 5.84. The van der Waals surface area contributed by atoms with Crippen molar-refractivity contribution < 1.29 is 0 Å². The van der Waals surface area contributed by atoms with Gasteiger partial charge in [0, 0.05) is 28.2 Å². The van der Waals surface area contributed by atoms with Crippen LogP contribution in [0.1, 0.15) is 20.8 Å². The third-order valence-electron chi connectivity index (χ3n) is 1.95. The molecule has 0 atom stereocenters. The molecule has 3 heteroatoms. The molecule has 0 aromatic heterocycles. The summed E-state index contributed by atoms with van der Waals surface area (Å²) in [5.74, 6) is 0. The fraction of sp³-hybridized carbons (Fsp3) is 0.727. The Balaban J connectivity index is 3.04. The van der Waals surface area contributed by atoms with Gasteiger partial charge in [-0.15, -0.1) is 0 Å². The maximum absolute atomic E-state index is 4.69. The highest BCUT2D eigenvalue weighted by Crippen LogP contribution is 2.30. The van der Waals surface area contributed by atoms with Gasteiger partial charge in [0.15, 0.2) is 0 Å². The molecule has 0 bridgehead atoms. The first-order valence-electron chi connectivity index (χ1n) is 4.93. The normalized spacial score (nSPS) is 11.9. The molecule has 14 heavy (non-hydrogen) atoms. The third kappa shape index (κ3) is 2.28. The molecule has 0 radical (unpaired) electrons. The van der Waals surface area contributed by atoms with Crippen LogP contribution in [0.15, 0.2) is 4.99 Å². The summed E-state index contributed by atoms with van der Waals surface area (Å²) in [6, 6.07) is 0. The first-order chi connectivity index (χ1) is 6.24. The van der Waals surface area contributed by atoms with Gasteiger partial charge in [-0.3, -0.25) is 4.99 Å². The molecular formula is C11H21N3. The summed E-state index contributed by atoms with van der Waals surface area (Å²) in [6.45, 7) is 6.37. The van der Waals surface area contributed by atoms with Crippen molar-refractivity contribution in [1.82, 2.24) is 0 Å². The van der Waals surface area contributed by atoms with Crippen LogP contribution in [0.3, 0.4) is 0 Å². The summed E-state index contributed by atoms with van der Waals surface area (Å²) in [4.78, 5) is 8.94. The number of anilines is 2. The van der Waals surface area contributed by atoms with E-state index in [0.717, 1.165) is 5.36 Å². The predicted octanol–water partition coefficient (Wildman–Crippen LogP) is 1.39. The lowest BCUT2D eigenvalue weighted by Gasteiger charge is -2.09. The van der Waals surface area contributed by atoms with Crippen LogP contribution in [0.4, 0.5) is 11.4 Å². The van der Waals surface area contributed by atoms with Crippen molar-refractivity contribution in [1.29, 1.82) is 0 Å². The fourth-order valence-corrected chi connectivity index (χ4v) is 1.45. The lowest BCUT2D eigenvalue weighted by Crippen LogP contribution is -2.15. The standard InChI is InChI=1S/C11H21N3/c1-11(2,3)12-8-9(13(4)5)10(8)14(6)7/h1-7H3. The zero-order chi connectivity index (χ0) is 11.1. The fourth-order valence-electron chi connectivity index (χ4n) is 1.45. The molecule has 1 aromatic carbocycles. The molecule has 0 spiro atoms. The SMILES string of the molecule is CN(C)c1c(N(C)C)c1=NC(C)(C)C. The first kappa shape index (κ1) is 11.1. The van der Waals surface area contributed by atoms with Gasteiger partial charge in [-0.1, -0.05) is 0 Å². The molecule has 80 valence electrons. The van der Waals surface area contributed by atoms with E-state index in [-0.39, 0.29) is 5.54 Å². The molecular weight excluding hydrogens is 174 g/mol. The van der Waals surface area contributed by atoms with Crippen molar-refractivity contribution in [3.05, 3.63) is 5.36 Å². The Morgan fingerprint density at radius 3 is 1.43 bits per heavy atom. The van der Waals surface area contributed by atoms with E-state index >= 15 is 0 Å². The second-order valence-corrected chi connectivity index (χ2v) is 5.12. The molecule has 0 aliphatic rings. The summed E-state index contributed by atoms with van der Waals surface area (Å²) in [6.07, 6.45) is 0. The van der Waals surface area contributed by atoms with Crippen LogP contribution in [-0.4, -0.2) is 33.7 Å². The maximum atomic E-state index is 4.69. The van der Waals surface area contributed by atoms with Crippen LogP contribution < -0.4 is 15.2 Å². The molecule has 0 saturated carbocycles. The lowest BCUT2D eigenvalue weighted by molar-refractivity contribution is 0.570. The molecule has 1 aromatic rings. The van der Waals surface area contributed by atoms with Gasteiger partial charge in [-0.25, -0.2) is 0 Å². The van der Waals surface area contributed by atoms with Crippen LogP contribution in [-0.2, 0) is 0 Å². The smallest absolute Gasteiger partial charge is 0.109 e. The molecule has 0 aliphatic carbocycles. The summed E-state index contributed by atoms with van der Waals surface area (Å²) in [5, 5.41) is 1.16. The van der Waals surface area contributed by atoms with E-state index in [1.807, 2.05) is 0 Å². The zero-order valence-electron chi connectivity index (χ0n) is 10.3. The summed E-state index contributed by atoms with van der Waals surface area (Å²) in [7, 11) is 8.24. The van der Waals surface area contributed by atoms with E-state index in [9.17, 15) is 0 Å². The molecule has 0 heterocycles. The number of hydrogen-bond donors (Lipinski definition) is 0. The summed E-state index contributed by atoms with van der Waals surface area (Å²) < 4.78 is 0. The Hall–Kier alpha value is -0.990. The van der Waals surface area contributed by atoms with Crippen molar-refractivity contribution in [2.45, 2.75) is 26.3 Å². The summed E-state index contributed by atoms with van der Waals surface area (Å²) >= 11 is 0. The molecule has 1 rings (SSSR count). The molecule has 3 nitrogen and oxygen atoms in total. The van der Waals surface area contributed by atoms with Gasteiger partial charge in [-0.05, 0) is 20.8 Å². The first-order valence-corrected chi connectivity index (χ1v) is 4.93. The number of hydrogen-bond acceptors (Lipinski definition) is 3. The van der Waals surface area contributed by atoms with E-state index in [1.54, 1.807) is 0 Å². The van der Waals surface area contributed by atoms with Crippen LogP contribution in [0.25, 0.3) is 0 Å². The number of nitrogens with zero attached hydrogens (tertiary/aromatic N) is 3. The Morgan fingerprint density at radius 2 is 1.21 bits per heavy atom. The van der Waals surface area contributed by atoms with Crippen LogP contribution in [0.5, 0.6) is 0 Å². The van der Waals surface area contributed by atoms with E-state index in [0.29, 0.717) is 0 Å². The highest BCUT2D eigenvalue weighted by Gasteiger charge is 2.25. The van der Waals surface area contributed by atoms with Crippen molar-refractivity contribution in [2.75, 3.05) is 38.0 Å². The van der Waals surface area contributed by atoms with Crippen molar-refractivity contribution in [3.8, 4) is 0 Å². The minimum atomic E-state index is 0.00829. The Bertz CT molecular complexity index is 310. The third-order valence-corrected chi connectivity index (χ3v) is 1.95. The van der Waals surface area contributed by atoms with E-state index < -0.39 is 0 Å². The largest absolute Gasteiger partial charge is 0.374 e. The molecule has 0 saturated heterocycles.